The summed E-state index contributed by atoms with van der Waals surface area (Å²) in [6, 6.07) is 4.81. The number of carbonyl (C=O) groups excluding carboxylic acids is 3. The predicted molar refractivity (Wildman–Crippen MR) is 92.0 cm³/mol. The smallest absolute Gasteiger partial charge is 0.337 e. The minimum Gasteiger partial charge on any atom is -0.465 e. The van der Waals surface area contributed by atoms with Gasteiger partial charge in [0.2, 0.25) is 11.8 Å². The zero-order valence-electron chi connectivity index (χ0n) is 14.5. The number of esters is 1. The van der Waals surface area contributed by atoms with Crippen LogP contribution in [0.3, 0.4) is 0 Å². The van der Waals surface area contributed by atoms with E-state index in [9.17, 15) is 14.4 Å². The molecule has 0 aliphatic carbocycles. The van der Waals surface area contributed by atoms with E-state index in [2.05, 4.69) is 10.3 Å². The first kappa shape index (κ1) is 17.0. The van der Waals surface area contributed by atoms with Crippen LogP contribution in [0.1, 0.15) is 35.5 Å². The molecule has 1 unspecified atom stereocenters. The number of hydrogen-bond donors (Lipinski definition) is 2. The molecular formula is C18H21N3O4. The number of hydrogen-bond acceptors (Lipinski definition) is 4. The molecule has 0 fully saturated rings. The van der Waals surface area contributed by atoms with Gasteiger partial charge < -0.3 is 19.9 Å². The lowest BCUT2D eigenvalue weighted by molar-refractivity contribution is -0.136. The third-order valence-corrected chi connectivity index (χ3v) is 4.50. The summed E-state index contributed by atoms with van der Waals surface area (Å²) in [5, 5.41) is 3.55. The fourth-order valence-electron chi connectivity index (χ4n) is 3.29. The summed E-state index contributed by atoms with van der Waals surface area (Å²) in [7, 11) is 1.35. The Morgan fingerprint density at radius 3 is 2.76 bits per heavy atom. The van der Waals surface area contributed by atoms with Gasteiger partial charge in [-0.15, -0.1) is 0 Å². The van der Waals surface area contributed by atoms with Crippen molar-refractivity contribution in [3.8, 4) is 0 Å². The summed E-state index contributed by atoms with van der Waals surface area (Å²) < 4.78 is 4.78. The number of H-pyrrole nitrogens is 1. The molecule has 2 N–H and O–H groups in total. The van der Waals surface area contributed by atoms with Gasteiger partial charge in [0.25, 0.3) is 0 Å². The van der Waals surface area contributed by atoms with Crippen LogP contribution in [0.15, 0.2) is 18.2 Å². The molecule has 0 bridgehead atoms. The third kappa shape index (κ3) is 3.22. The number of nitrogens with one attached hydrogen (secondary N) is 2. The van der Waals surface area contributed by atoms with Gasteiger partial charge in [-0.3, -0.25) is 9.59 Å². The van der Waals surface area contributed by atoms with Crippen LogP contribution >= 0.6 is 0 Å². The van der Waals surface area contributed by atoms with Crippen LogP contribution in [0.4, 0.5) is 0 Å². The van der Waals surface area contributed by atoms with Gasteiger partial charge in [-0.05, 0) is 25.1 Å². The molecule has 2 heterocycles. The Kier molecular flexibility index (Phi) is 4.48. The number of nitrogens with zero attached hydrogens (tertiary/aromatic N) is 1. The van der Waals surface area contributed by atoms with Gasteiger partial charge in [0, 0.05) is 48.6 Å². The molecule has 132 valence electrons. The number of amides is 2. The molecule has 2 amide bonds. The van der Waals surface area contributed by atoms with Gasteiger partial charge in [0.05, 0.1) is 12.7 Å². The summed E-state index contributed by atoms with van der Waals surface area (Å²) >= 11 is 0. The van der Waals surface area contributed by atoms with Crippen LogP contribution in [-0.4, -0.2) is 47.4 Å². The first-order valence-corrected chi connectivity index (χ1v) is 8.18. The van der Waals surface area contributed by atoms with E-state index >= 15 is 0 Å². The molecule has 0 radical (unpaired) electrons. The van der Waals surface area contributed by atoms with Crippen molar-refractivity contribution in [2.24, 2.45) is 0 Å². The van der Waals surface area contributed by atoms with Gasteiger partial charge in [-0.2, -0.15) is 0 Å². The van der Waals surface area contributed by atoms with Crippen molar-refractivity contribution in [2.75, 3.05) is 13.7 Å². The maximum absolute atomic E-state index is 12.5. The van der Waals surface area contributed by atoms with Crippen molar-refractivity contribution in [1.29, 1.82) is 0 Å². The maximum Gasteiger partial charge on any atom is 0.337 e. The van der Waals surface area contributed by atoms with Gasteiger partial charge in [-0.25, -0.2) is 4.79 Å². The molecule has 0 saturated heterocycles. The highest BCUT2D eigenvalue weighted by molar-refractivity contribution is 5.96. The Morgan fingerprint density at radius 2 is 2.08 bits per heavy atom. The van der Waals surface area contributed by atoms with Crippen molar-refractivity contribution in [3.63, 3.8) is 0 Å². The molecule has 25 heavy (non-hydrogen) atoms. The molecular weight excluding hydrogens is 322 g/mol. The number of fused-ring (bicyclic) bond motifs is 3. The molecule has 0 saturated carbocycles. The Morgan fingerprint density at radius 1 is 1.32 bits per heavy atom. The second-order valence-electron chi connectivity index (χ2n) is 6.27. The van der Waals surface area contributed by atoms with E-state index in [1.807, 2.05) is 6.07 Å². The fourth-order valence-corrected chi connectivity index (χ4v) is 3.29. The van der Waals surface area contributed by atoms with Gasteiger partial charge in [0.1, 0.15) is 6.04 Å². The zero-order chi connectivity index (χ0) is 18.1. The lowest BCUT2D eigenvalue weighted by Crippen LogP contribution is -2.47. The minimum atomic E-state index is -0.560. The summed E-state index contributed by atoms with van der Waals surface area (Å²) in [4.78, 5) is 40.6. The SMILES string of the molecule is COC(=O)c1ccc2[nH]c3c(c2c1)CN(C(=O)C(C)NC(C)=O)CC3. The maximum atomic E-state index is 12.5. The Bertz CT molecular complexity index is 855. The van der Waals surface area contributed by atoms with E-state index in [4.69, 9.17) is 4.74 Å². The minimum absolute atomic E-state index is 0.112. The number of aromatic nitrogens is 1. The molecule has 3 rings (SSSR count). The van der Waals surface area contributed by atoms with Crippen LogP contribution < -0.4 is 5.32 Å². The van der Waals surface area contributed by atoms with Crippen LogP contribution in [0.5, 0.6) is 0 Å². The van der Waals surface area contributed by atoms with Crippen LogP contribution in [-0.2, 0) is 27.3 Å². The summed E-state index contributed by atoms with van der Waals surface area (Å²) in [6.45, 7) is 4.12. The molecule has 1 atom stereocenters. The van der Waals surface area contributed by atoms with E-state index in [1.54, 1.807) is 24.0 Å². The standard InChI is InChI=1S/C18H21N3O4/c1-10(19-11(2)22)17(23)21-7-6-16-14(9-21)13-8-12(18(24)25-3)4-5-15(13)20-16/h4-5,8,10,20H,6-7,9H2,1-3H3,(H,19,22). The predicted octanol–water partition coefficient (Wildman–Crippen LogP) is 1.36. The topological polar surface area (TPSA) is 91.5 Å². The lowest BCUT2D eigenvalue weighted by atomic mass is 10.0. The number of aromatic amines is 1. The number of methoxy groups -OCH3 is 1. The summed E-state index contributed by atoms with van der Waals surface area (Å²) in [6.07, 6.45) is 0.704. The second kappa shape index (κ2) is 6.58. The van der Waals surface area contributed by atoms with Crippen molar-refractivity contribution in [3.05, 3.63) is 35.0 Å². The van der Waals surface area contributed by atoms with E-state index in [0.29, 0.717) is 25.1 Å². The normalized spacial score (nSPS) is 14.8. The molecule has 1 aliphatic heterocycles. The molecule has 2 aromatic rings. The number of carbonyl (C=O) groups is 3. The Balaban J connectivity index is 1.90. The number of benzene rings is 1. The molecule has 7 heteroatoms. The van der Waals surface area contributed by atoms with Gasteiger partial charge in [0.15, 0.2) is 0 Å². The average Bonchev–Trinajstić information content (AvgIpc) is 2.96. The highest BCUT2D eigenvalue weighted by atomic mass is 16.5. The lowest BCUT2D eigenvalue weighted by Gasteiger charge is -2.29. The largest absolute Gasteiger partial charge is 0.465 e. The third-order valence-electron chi connectivity index (χ3n) is 4.50. The van der Waals surface area contributed by atoms with E-state index in [0.717, 1.165) is 22.2 Å². The van der Waals surface area contributed by atoms with Gasteiger partial charge in [-0.1, -0.05) is 0 Å². The van der Waals surface area contributed by atoms with Crippen molar-refractivity contribution in [1.82, 2.24) is 15.2 Å². The molecule has 1 aromatic heterocycles. The quantitative estimate of drug-likeness (QED) is 0.823. The zero-order valence-corrected chi connectivity index (χ0v) is 14.5. The van der Waals surface area contributed by atoms with Crippen LogP contribution in [0.2, 0.25) is 0 Å². The summed E-state index contributed by atoms with van der Waals surface area (Å²) in [5.41, 5.74) is 3.50. The molecule has 1 aliphatic rings. The van der Waals surface area contributed by atoms with E-state index < -0.39 is 6.04 Å². The summed E-state index contributed by atoms with van der Waals surface area (Å²) in [5.74, 6) is -0.729. The number of ether oxygens (including phenoxy) is 1. The first-order chi connectivity index (χ1) is 11.9. The monoisotopic (exact) mass is 343 g/mol. The number of rotatable bonds is 3. The van der Waals surface area contributed by atoms with E-state index in [-0.39, 0.29) is 17.8 Å². The Labute approximate surface area is 145 Å². The first-order valence-electron chi connectivity index (χ1n) is 8.18. The van der Waals surface area contributed by atoms with Crippen molar-refractivity contribution in [2.45, 2.75) is 32.9 Å². The Hall–Kier alpha value is -2.83. The molecule has 0 spiro atoms. The van der Waals surface area contributed by atoms with E-state index in [1.165, 1.54) is 14.0 Å². The highest BCUT2D eigenvalue weighted by Crippen LogP contribution is 2.29. The van der Waals surface area contributed by atoms with Gasteiger partial charge >= 0.3 is 5.97 Å². The average molecular weight is 343 g/mol. The van der Waals surface area contributed by atoms with Crippen LogP contribution in [0.25, 0.3) is 10.9 Å². The second-order valence-corrected chi connectivity index (χ2v) is 6.27. The van der Waals surface area contributed by atoms with Crippen molar-refractivity contribution < 1.29 is 19.1 Å². The fraction of sp³-hybridized carbons (Fsp3) is 0.389. The highest BCUT2D eigenvalue weighted by Gasteiger charge is 2.27. The molecule has 7 nitrogen and oxygen atoms in total. The molecule has 1 aromatic carbocycles. The van der Waals surface area contributed by atoms with Crippen molar-refractivity contribution >= 4 is 28.7 Å². The van der Waals surface area contributed by atoms with Crippen LogP contribution in [0, 0.1) is 0 Å².